The summed E-state index contributed by atoms with van der Waals surface area (Å²) in [5.74, 6) is 0. The molecule has 1 heterocycles. The van der Waals surface area contributed by atoms with Crippen molar-refractivity contribution in [2.45, 2.75) is 20.0 Å². The van der Waals surface area contributed by atoms with Gasteiger partial charge in [0.05, 0.1) is 6.54 Å². The minimum atomic E-state index is 0.748. The van der Waals surface area contributed by atoms with Gasteiger partial charge in [0.1, 0.15) is 6.54 Å². The van der Waals surface area contributed by atoms with Crippen molar-refractivity contribution < 1.29 is 4.57 Å². The Morgan fingerprint density at radius 1 is 1.10 bits per heavy atom. The normalized spacial score (nSPS) is 10.8. The van der Waals surface area contributed by atoms with Crippen LogP contribution in [0.5, 0.6) is 0 Å². The highest BCUT2D eigenvalue weighted by molar-refractivity contribution is 6.30. The van der Waals surface area contributed by atoms with Crippen LogP contribution < -0.4 is 4.57 Å². The van der Waals surface area contributed by atoms with Crippen LogP contribution >= 0.6 is 11.6 Å². The summed E-state index contributed by atoms with van der Waals surface area (Å²) in [6, 6.07) is 16.4. The molecule has 0 spiro atoms. The molecule has 0 unspecified atom stereocenters. The molecule has 21 heavy (non-hydrogen) atoms. The zero-order chi connectivity index (χ0) is 14.7. The lowest BCUT2D eigenvalue weighted by atomic mass is 10.1. The molecule has 3 nitrogen and oxygen atoms in total. The number of aromatic nitrogens is 3. The first-order chi connectivity index (χ1) is 10.2. The first-order valence-electron chi connectivity index (χ1n) is 6.90. The Morgan fingerprint density at radius 3 is 2.67 bits per heavy atom. The van der Waals surface area contributed by atoms with Crippen LogP contribution in [0, 0.1) is 6.92 Å². The second-order valence-electron chi connectivity index (χ2n) is 5.23. The number of benzene rings is 2. The minimum Gasteiger partial charge on any atom is -0.233 e. The van der Waals surface area contributed by atoms with Gasteiger partial charge in [-0.05, 0) is 30.2 Å². The van der Waals surface area contributed by atoms with E-state index in [0.717, 1.165) is 18.1 Å². The lowest BCUT2D eigenvalue weighted by Crippen LogP contribution is -2.31. The molecule has 0 aliphatic carbocycles. The highest BCUT2D eigenvalue weighted by atomic mass is 35.5. The van der Waals surface area contributed by atoms with Gasteiger partial charge in [-0.25, -0.2) is 4.57 Å². The van der Waals surface area contributed by atoms with Gasteiger partial charge in [0.25, 0.3) is 6.33 Å². The SMILES string of the molecule is Cc1cccc(C[n+]2cnn(Cc3ccc(Cl)cc3)c2)c1. The van der Waals surface area contributed by atoms with Crippen molar-refractivity contribution in [3.05, 3.63) is 82.9 Å². The van der Waals surface area contributed by atoms with Gasteiger partial charge < -0.3 is 0 Å². The molecular weight excluding hydrogens is 282 g/mol. The molecule has 0 radical (unpaired) electrons. The first-order valence-corrected chi connectivity index (χ1v) is 7.28. The fraction of sp³-hybridized carbons (Fsp3) is 0.176. The third-order valence-electron chi connectivity index (χ3n) is 3.34. The number of halogens is 1. The summed E-state index contributed by atoms with van der Waals surface area (Å²) in [5, 5.41) is 5.16. The topological polar surface area (TPSA) is 21.7 Å². The molecule has 0 atom stereocenters. The van der Waals surface area contributed by atoms with E-state index in [1.54, 1.807) is 0 Å². The van der Waals surface area contributed by atoms with Crippen LogP contribution in [0.4, 0.5) is 0 Å². The van der Waals surface area contributed by atoms with E-state index in [0.29, 0.717) is 0 Å². The van der Waals surface area contributed by atoms with E-state index in [2.05, 4.69) is 40.9 Å². The maximum atomic E-state index is 5.90. The number of hydrogen-bond acceptors (Lipinski definition) is 1. The lowest BCUT2D eigenvalue weighted by Gasteiger charge is -1.99. The first kappa shape index (κ1) is 13.8. The Morgan fingerprint density at radius 2 is 1.90 bits per heavy atom. The van der Waals surface area contributed by atoms with E-state index in [1.165, 1.54) is 16.7 Å². The van der Waals surface area contributed by atoms with E-state index in [4.69, 9.17) is 11.6 Å². The van der Waals surface area contributed by atoms with Gasteiger partial charge in [0, 0.05) is 10.1 Å². The molecule has 0 aliphatic heterocycles. The predicted molar refractivity (Wildman–Crippen MR) is 83.3 cm³/mol. The Balaban J connectivity index is 1.70. The van der Waals surface area contributed by atoms with Gasteiger partial charge in [0.2, 0.25) is 6.33 Å². The summed E-state index contributed by atoms with van der Waals surface area (Å²) in [5.41, 5.74) is 3.75. The van der Waals surface area contributed by atoms with E-state index < -0.39 is 0 Å². The average Bonchev–Trinajstić information content (AvgIpc) is 2.89. The average molecular weight is 299 g/mol. The fourth-order valence-electron chi connectivity index (χ4n) is 2.32. The largest absolute Gasteiger partial charge is 0.265 e. The van der Waals surface area contributed by atoms with Gasteiger partial charge >= 0.3 is 0 Å². The summed E-state index contributed by atoms with van der Waals surface area (Å²) in [6.45, 7) is 3.69. The molecule has 106 valence electrons. The van der Waals surface area contributed by atoms with Gasteiger partial charge in [-0.1, -0.05) is 53.6 Å². The number of hydrogen-bond donors (Lipinski definition) is 0. The van der Waals surface area contributed by atoms with Crippen LogP contribution in [0.1, 0.15) is 16.7 Å². The van der Waals surface area contributed by atoms with Gasteiger partial charge in [-0.15, -0.1) is 4.68 Å². The smallest absolute Gasteiger partial charge is 0.233 e. The summed E-state index contributed by atoms with van der Waals surface area (Å²) in [4.78, 5) is 0. The molecule has 0 saturated heterocycles. The number of nitrogens with zero attached hydrogens (tertiary/aromatic N) is 3. The second-order valence-corrected chi connectivity index (χ2v) is 5.67. The Kier molecular flexibility index (Phi) is 4.02. The molecule has 0 N–H and O–H groups in total. The van der Waals surface area contributed by atoms with Crippen LogP contribution in [0.25, 0.3) is 0 Å². The van der Waals surface area contributed by atoms with Crippen molar-refractivity contribution in [1.29, 1.82) is 0 Å². The highest BCUT2D eigenvalue weighted by Crippen LogP contribution is 2.10. The van der Waals surface area contributed by atoms with E-state index in [1.807, 2.05) is 41.6 Å². The van der Waals surface area contributed by atoms with Crippen molar-refractivity contribution >= 4 is 11.6 Å². The molecule has 3 rings (SSSR count). The van der Waals surface area contributed by atoms with E-state index >= 15 is 0 Å². The van der Waals surface area contributed by atoms with Gasteiger partial charge in [-0.3, -0.25) is 0 Å². The molecule has 3 aromatic rings. The third kappa shape index (κ3) is 3.70. The summed E-state index contributed by atoms with van der Waals surface area (Å²) in [7, 11) is 0. The lowest BCUT2D eigenvalue weighted by molar-refractivity contribution is -0.689. The number of rotatable bonds is 4. The van der Waals surface area contributed by atoms with Crippen LogP contribution in [0.3, 0.4) is 0 Å². The third-order valence-corrected chi connectivity index (χ3v) is 3.59. The predicted octanol–water partition coefficient (Wildman–Crippen LogP) is 3.23. The van der Waals surface area contributed by atoms with Crippen molar-refractivity contribution in [3.63, 3.8) is 0 Å². The van der Waals surface area contributed by atoms with Gasteiger partial charge in [-0.2, -0.15) is 0 Å². The highest BCUT2D eigenvalue weighted by Gasteiger charge is 2.07. The maximum Gasteiger partial charge on any atom is 0.265 e. The van der Waals surface area contributed by atoms with Crippen molar-refractivity contribution in [3.8, 4) is 0 Å². The van der Waals surface area contributed by atoms with Crippen LogP contribution in [0.15, 0.2) is 61.2 Å². The zero-order valence-corrected chi connectivity index (χ0v) is 12.7. The monoisotopic (exact) mass is 298 g/mol. The van der Waals surface area contributed by atoms with Crippen LogP contribution in [-0.4, -0.2) is 9.78 Å². The molecule has 4 heteroatoms. The molecule has 0 saturated carbocycles. The minimum absolute atomic E-state index is 0.748. The van der Waals surface area contributed by atoms with Crippen molar-refractivity contribution in [2.24, 2.45) is 0 Å². The maximum absolute atomic E-state index is 5.90. The van der Waals surface area contributed by atoms with Gasteiger partial charge in [0.15, 0.2) is 0 Å². The number of aryl methyl sites for hydroxylation is 1. The van der Waals surface area contributed by atoms with E-state index in [-0.39, 0.29) is 0 Å². The molecule has 2 aromatic carbocycles. The van der Waals surface area contributed by atoms with Crippen LogP contribution in [-0.2, 0) is 13.1 Å². The van der Waals surface area contributed by atoms with Crippen molar-refractivity contribution in [2.75, 3.05) is 0 Å². The Bertz CT molecular complexity index is 732. The summed E-state index contributed by atoms with van der Waals surface area (Å²) >= 11 is 5.90. The second kappa shape index (κ2) is 6.10. The molecule has 0 bridgehead atoms. The molecule has 0 amide bonds. The molecule has 0 aliphatic rings. The van der Waals surface area contributed by atoms with Crippen molar-refractivity contribution in [1.82, 2.24) is 9.78 Å². The quantitative estimate of drug-likeness (QED) is 0.678. The molecule has 1 aromatic heterocycles. The molecule has 0 fully saturated rings. The summed E-state index contributed by atoms with van der Waals surface area (Å²) < 4.78 is 4.02. The fourth-order valence-corrected chi connectivity index (χ4v) is 2.45. The molecular formula is C17H17ClN3+. The Hall–Kier alpha value is -2.13. The Labute approximate surface area is 129 Å². The zero-order valence-electron chi connectivity index (χ0n) is 11.9. The van der Waals surface area contributed by atoms with Crippen LogP contribution in [0.2, 0.25) is 5.02 Å². The van der Waals surface area contributed by atoms with E-state index in [9.17, 15) is 0 Å². The standard InChI is InChI=1S/C17H17ClN3/c1-14-3-2-4-16(9-14)10-20-12-19-21(13-20)11-15-5-7-17(18)8-6-15/h2-9,12-13H,10-11H2,1H3/q+1. The summed E-state index contributed by atoms with van der Waals surface area (Å²) in [6.07, 6.45) is 3.88.